The summed E-state index contributed by atoms with van der Waals surface area (Å²) in [5, 5.41) is 5.19. The topological polar surface area (TPSA) is 76.9 Å². The molecule has 0 bridgehead atoms. The summed E-state index contributed by atoms with van der Waals surface area (Å²) < 4.78 is 40.7. The number of aryl methyl sites for hydroxylation is 1. The minimum atomic E-state index is -3.61. The minimum Gasteiger partial charge on any atom is -0.486 e. The lowest BCUT2D eigenvalue weighted by atomic mass is 10.2. The first-order valence-electron chi connectivity index (χ1n) is 10.8. The Balaban J connectivity index is 1.27. The van der Waals surface area contributed by atoms with Crippen molar-refractivity contribution >= 4 is 21.6 Å². The number of halogens is 1. The Morgan fingerprint density at radius 1 is 0.970 bits per heavy atom. The monoisotopic (exact) mass is 488 g/mol. The van der Waals surface area contributed by atoms with Gasteiger partial charge in [-0.1, -0.05) is 29.8 Å². The molecule has 33 heavy (non-hydrogen) atoms. The molecular weight excluding hydrogens is 464 g/mol. The van der Waals surface area contributed by atoms with Crippen LogP contribution in [0.3, 0.4) is 0 Å². The third kappa shape index (κ3) is 4.33. The molecule has 0 atom stereocenters. The minimum absolute atomic E-state index is 0.225. The van der Waals surface area contributed by atoms with Gasteiger partial charge in [-0.05, 0) is 31.2 Å². The Morgan fingerprint density at radius 3 is 2.39 bits per heavy atom. The Morgan fingerprint density at radius 2 is 1.67 bits per heavy atom. The third-order valence-corrected chi connectivity index (χ3v) is 8.27. The van der Waals surface area contributed by atoms with Crippen LogP contribution in [-0.2, 0) is 16.6 Å². The zero-order valence-corrected chi connectivity index (χ0v) is 19.8. The summed E-state index contributed by atoms with van der Waals surface area (Å²) in [4.78, 5) is 2.43. The quantitative estimate of drug-likeness (QED) is 0.549. The summed E-state index contributed by atoms with van der Waals surface area (Å²) in [6, 6.07) is 14.6. The van der Waals surface area contributed by atoms with E-state index in [2.05, 4.69) is 10.00 Å². The van der Waals surface area contributed by atoms with Crippen LogP contribution in [0, 0.1) is 6.92 Å². The normalized spacial score (nSPS) is 17.3. The van der Waals surface area contributed by atoms with E-state index in [1.54, 1.807) is 22.9 Å². The van der Waals surface area contributed by atoms with Crippen LogP contribution in [0.15, 0.2) is 53.4 Å². The molecule has 1 saturated heterocycles. The van der Waals surface area contributed by atoms with Crippen LogP contribution >= 0.6 is 11.6 Å². The molecule has 8 nitrogen and oxygen atoms in total. The zero-order chi connectivity index (χ0) is 23.0. The first-order valence-corrected chi connectivity index (χ1v) is 12.7. The number of piperazine rings is 1. The maximum absolute atomic E-state index is 13.2. The van der Waals surface area contributed by atoms with Gasteiger partial charge in [-0.3, -0.25) is 4.90 Å². The van der Waals surface area contributed by atoms with Gasteiger partial charge in [0.1, 0.15) is 18.4 Å². The molecule has 0 unspecified atom stereocenters. The lowest BCUT2D eigenvalue weighted by molar-refractivity contribution is 0.170. The van der Waals surface area contributed by atoms with Crippen molar-refractivity contribution in [2.24, 2.45) is 0 Å². The summed E-state index contributed by atoms with van der Waals surface area (Å²) in [7, 11) is -3.61. The maximum Gasteiger partial charge on any atom is 0.243 e. The summed E-state index contributed by atoms with van der Waals surface area (Å²) in [5.41, 5.74) is 2.74. The van der Waals surface area contributed by atoms with Gasteiger partial charge >= 0.3 is 0 Å². The van der Waals surface area contributed by atoms with Crippen molar-refractivity contribution in [2.75, 3.05) is 39.4 Å². The lowest BCUT2D eigenvalue weighted by Gasteiger charge is -2.34. The van der Waals surface area contributed by atoms with Crippen molar-refractivity contribution in [3.63, 3.8) is 0 Å². The molecule has 0 aliphatic carbocycles. The van der Waals surface area contributed by atoms with Crippen molar-refractivity contribution in [1.29, 1.82) is 0 Å². The lowest BCUT2D eigenvalue weighted by Crippen LogP contribution is -2.48. The predicted octanol–water partition coefficient (Wildman–Crippen LogP) is 3.11. The molecule has 1 aromatic heterocycles. The van der Waals surface area contributed by atoms with Gasteiger partial charge in [0.25, 0.3) is 0 Å². The van der Waals surface area contributed by atoms with Gasteiger partial charge in [0.15, 0.2) is 11.5 Å². The van der Waals surface area contributed by atoms with Crippen LogP contribution in [-0.4, -0.2) is 66.8 Å². The van der Waals surface area contributed by atoms with Gasteiger partial charge in [0.2, 0.25) is 10.0 Å². The van der Waals surface area contributed by atoms with E-state index in [1.807, 2.05) is 37.3 Å². The smallest absolute Gasteiger partial charge is 0.243 e. The number of aromatic nitrogens is 2. The van der Waals surface area contributed by atoms with E-state index in [0.29, 0.717) is 62.6 Å². The van der Waals surface area contributed by atoms with E-state index in [4.69, 9.17) is 21.1 Å². The summed E-state index contributed by atoms with van der Waals surface area (Å²) in [6.45, 7) is 5.47. The number of para-hydroxylation sites is 1. The van der Waals surface area contributed by atoms with Crippen LogP contribution in [0.1, 0.15) is 11.3 Å². The molecule has 10 heteroatoms. The zero-order valence-electron chi connectivity index (χ0n) is 18.3. The molecule has 2 aromatic carbocycles. The number of hydrogen-bond donors (Lipinski definition) is 0. The Kier molecular flexibility index (Phi) is 6.05. The number of rotatable bonds is 5. The fraction of sp³-hybridized carbons (Fsp3) is 0.348. The van der Waals surface area contributed by atoms with Gasteiger partial charge in [-0.25, -0.2) is 13.1 Å². The molecule has 0 amide bonds. The van der Waals surface area contributed by atoms with Gasteiger partial charge in [0.05, 0.1) is 16.3 Å². The van der Waals surface area contributed by atoms with E-state index in [-0.39, 0.29) is 4.90 Å². The standard InChI is InChI=1S/C23H25ClN4O4S/c1-17-20(23(24)28(25-17)18-5-3-2-4-6-18)16-26-9-11-27(12-10-26)33(29,30)19-7-8-21-22(15-19)32-14-13-31-21/h2-8,15H,9-14,16H2,1H3. The fourth-order valence-electron chi connectivity index (χ4n) is 4.14. The highest BCUT2D eigenvalue weighted by atomic mass is 35.5. The van der Waals surface area contributed by atoms with Crippen molar-refractivity contribution in [3.05, 3.63) is 64.9 Å². The first kappa shape index (κ1) is 22.2. The third-order valence-electron chi connectivity index (χ3n) is 5.99. The summed E-state index contributed by atoms with van der Waals surface area (Å²) in [5.74, 6) is 1.05. The number of nitrogens with zero attached hydrogens (tertiary/aromatic N) is 4. The van der Waals surface area contributed by atoms with Crippen LogP contribution in [0.25, 0.3) is 5.69 Å². The molecule has 174 valence electrons. The second-order valence-electron chi connectivity index (χ2n) is 8.09. The average molecular weight is 489 g/mol. The van der Waals surface area contributed by atoms with Crippen LogP contribution in [0.2, 0.25) is 5.15 Å². The molecule has 2 aliphatic rings. The molecule has 0 N–H and O–H groups in total. The van der Waals surface area contributed by atoms with Crippen molar-refractivity contribution in [1.82, 2.24) is 19.0 Å². The van der Waals surface area contributed by atoms with E-state index in [0.717, 1.165) is 16.9 Å². The predicted molar refractivity (Wildman–Crippen MR) is 125 cm³/mol. The molecule has 0 spiro atoms. The van der Waals surface area contributed by atoms with Gasteiger partial charge in [-0.15, -0.1) is 0 Å². The second kappa shape index (κ2) is 8.98. The van der Waals surface area contributed by atoms with Crippen LogP contribution in [0.5, 0.6) is 11.5 Å². The average Bonchev–Trinajstić information content (AvgIpc) is 3.13. The first-order chi connectivity index (χ1) is 15.9. The van der Waals surface area contributed by atoms with Crippen molar-refractivity contribution in [3.8, 4) is 17.2 Å². The Labute approximate surface area is 198 Å². The number of ether oxygens (including phenoxy) is 2. The molecule has 0 saturated carbocycles. The van der Waals surface area contributed by atoms with E-state index in [1.165, 1.54) is 4.31 Å². The van der Waals surface area contributed by atoms with Gasteiger partial charge < -0.3 is 9.47 Å². The van der Waals surface area contributed by atoms with Crippen LogP contribution < -0.4 is 9.47 Å². The van der Waals surface area contributed by atoms with Gasteiger partial charge in [-0.2, -0.15) is 9.40 Å². The fourth-order valence-corrected chi connectivity index (χ4v) is 5.91. The van der Waals surface area contributed by atoms with E-state index >= 15 is 0 Å². The van der Waals surface area contributed by atoms with Crippen molar-refractivity contribution in [2.45, 2.75) is 18.4 Å². The molecule has 1 fully saturated rings. The summed E-state index contributed by atoms with van der Waals surface area (Å²) in [6.07, 6.45) is 0. The van der Waals surface area contributed by atoms with Gasteiger partial charge in [0, 0.05) is 44.4 Å². The molecule has 0 radical (unpaired) electrons. The molecular formula is C23H25ClN4O4S. The highest BCUT2D eigenvalue weighted by Crippen LogP contribution is 2.33. The second-order valence-corrected chi connectivity index (χ2v) is 10.4. The van der Waals surface area contributed by atoms with E-state index < -0.39 is 10.0 Å². The van der Waals surface area contributed by atoms with Crippen molar-refractivity contribution < 1.29 is 17.9 Å². The molecule has 3 heterocycles. The number of fused-ring (bicyclic) bond motifs is 1. The highest BCUT2D eigenvalue weighted by molar-refractivity contribution is 7.89. The summed E-state index contributed by atoms with van der Waals surface area (Å²) >= 11 is 6.67. The highest BCUT2D eigenvalue weighted by Gasteiger charge is 2.30. The Bertz CT molecular complexity index is 1250. The van der Waals surface area contributed by atoms with Crippen LogP contribution in [0.4, 0.5) is 0 Å². The largest absolute Gasteiger partial charge is 0.486 e. The molecule has 3 aromatic rings. The number of hydrogen-bond acceptors (Lipinski definition) is 6. The Hall–Kier alpha value is -2.59. The number of sulfonamides is 1. The van der Waals surface area contributed by atoms with E-state index in [9.17, 15) is 8.42 Å². The molecule has 2 aliphatic heterocycles. The SMILES string of the molecule is Cc1nn(-c2ccccc2)c(Cl)c1CN1CCN(S(=O)(=O)c2ccc3c(c2)OCCO3)CC1. The maximum atomic E-state index is 13.2. The molecule has 5 rings (SSSR count). The number of benzene rings is 2.